The highest BCUT2D eigenvalue weighted by Gasteiger charge is 2.08. The summed E-state index contributed by atoms with van der Waals surface area (Å²) in [5.41, 5.74) is 2.17. The first-order valence-corrected chi connectivity index (χ1v) is 7.97. The number of hydrogen-bond donors (Lipinski definition) is 3. The van der Waals surface area contributed by atoms with Crippen molar-refractivity contribution in [2.24, 2.45) is 0 Å². The molecule has 0 fully saturated rings. The quantitative estimate of drug-likeness (QED) is 0.678. The molecule has 0 aliphatic rings. The molecule has 0 saturated carbocycles. The number of ether oxygens (including phenoxy) is 1. The molecule has 0 aromatic heterocycles. The Morgan fingerprint density at radius 2 is 1.83 bits per heavy atom. The van der Waals surface area contributed by atoms with Crippen LogP contribution in [0.2, 0.25) is 0 Å². The van der Waals surface area contributed by atoms with Crippen molar-refractivity contribution in [2.45, 2.75) is 6.92 Å². The van der Waals surface area contributed by atoms with E-state index >= 15 is 0 Å². The summed E-state index contributed by atoms with van der Waals surface area (Å²) in [5.74, 6) is 0.480. The molecule has 3 N–H and O–H groups in total. The Morgan fingerprint density at radius 3 is 2.48 bits per heavy atom. The number of thiocarbonyl (C=S) groups is 1. The van der Waals surface area contributed by atoms with Crippen LogP contribution in [0.25, 0.3) is 0 Å². The van der Waals surface area contributed by atoms with Crippen LogP contribution >= 0.6 is 28.1 Å². The number of carbonyl (C=O) groups excluding carboxylic acids is 1. The maximum absolute atomic E-state index is 11.2. The van der Waals surface area contributed by atoms with Gasteiger partial charge in [0, 0.05) is 22.8 Å². The van der Waals surface area contributed by atoms with Gasteiger partial charge in [-0.3, -0.25) is 4.79 Å². The summed E-state index contributed by atoms with van der Waals surface area (Å²) >= 11 is 8.73. The lowest BCUT2D eigenvalue weighted by Gasteiger charge is -2.15. The number of carbonyl (C=O) groups is 1. The van der Waals surface area contributed by atoms with Crippen LogP contribution in [0.15, 0.2) is 46.9 Å². The molecule has 0 aliphatic carbocycles. The molecule has 120 valence electrons. The summed E-state index contributed by atoms with van der Waals surface area (Å²) in [6.07, 6.45) is 0. The van der Waals surface area contributed by atoms with Gasteiger partial charge in [0.2, 0.25) is 5.91 Å². The predicted molar refractivity (Wildman–Crippen MR) is 101 cm³/mol. The topological polar surface area (TPSA) is 62.4 Å². The minimum Gasteiger partial charge on any atom is -0.495 e. The van der Waals surface area contributed by atoms with Gasteiger partial charge in [0.05, 0.1) is 12.8 Å². The molecule has 0 unspecified atom stereocenters. The van der Waals surface area contributed by atoms with Crippen LogP contribution in [0, 0.1) is 0 Å². The van der Waals surface area contributed by atoms with Crippen molar-refractivity contribution in [1.82, 2.24) is 0 Å². The molecular weight excluding hydrogens is 378 g/mol. The lowest BCUT2D eigenvalue weighted by Crippen LogP contribution is -2.19. The Kier molecular flexibility index (Phi) is 5.95. The third-order valence-corrected chi connectivity index (χ3v) is 3.55. The zero-order chi connectivity index (χ0) is 16.8. The molecule has 1 amide bonds. The number of anilines is 3. The van der Waals surface area contributed by atoms with Crippen LogP contribution in [0.3, 0.4) is 0 Å². The van der Waals surface area contributed by atoms with Crippen molar-refractivity contribution >= 4 is 56.2 Å². The fourth-order valence-corrected chi connectivity index (χ4v) is 2.56. The van der Waals surface area contributed by atoms with E-state index in [-0.39, 0.29) is 5.91 Å². The van der Waals surface area contributed by atoms with Crippen molar-refractivity contribution < 1.29 is 9.53 Å². The number of methoxy groups -OCH3 is 1. The van der Waals surface area contributed by atoms with Gasteiger partial charge in [-0.15, -0.1) is 0 Å². The summed E-state index contributed by atoms with van der Waals surface area (Å²) in [6, 6.07) is 12.9. The minimum atomic E-state index is -0.143. The molecule has 0 atom stereocenters. The third-order valence-electron chi connectivity index (χ3n) is 2.85. The Labute approximate surface area is 148 Å². The van der Waals surface area contributed by atoms with E-state index in [1.54, 1.807) is 25.3 Å². The highest BCUT2D eigenvalue weighted by molar-refractivity contribution is 9.10. The van der Waals surface area contributed by atoms with Crippen molar-refractivity contribution in [3.05, 3.63) is 46.9 Å². The standard InChI is InChI=1S/C16H16BrN3O2S/c1-10(21)18-13-6-7-15(22-2)14(9-13)20-16(23)19-12-5-3-4-11(17)8-12/h3-9H,1-2H3,(H,18,21)(H2,19,20,23). The molecule has 5 nitrogen and oxygen atoms in total. The molecule has 0 heterocycles. The maximum Gasteiger partial charge on any atom is 0.221 e. The second-order valence-corrected chi connectivity index (χ2v) is 6.01. The van der Waals surface area contributed by atoms with Gasteiger partial charge in [0.1, 0.15) is 5.75 Å². The summed E-state index contributed by atoms with van der Waals surface area (Å²) in [7, 11) is 1.57. The van der Waals surface area contributed by atoms with Crippen LogP contribution < -0.4 is 20.7 Å². The summed E-state index contributed by atoms with van der Waals surface area (Å²) in [5, 5.41) is 9.30. The first-order chi connectivity index (χ1) is 11.0. The lowest BCUT2D eigenvalue weighted by atomic mass is 10.2. The van der Waals surface area contributed by atoms with Crippen molar-refractivity contribution in [1.29, 1.82) is 0 Å². The average Bonchev–Trinajstić information content (AvgIpc) is 2.46. The van der Waals surface area contributed by atoms with Crippen LogP contribution in [-0.2, 0) is 4.79 Å². The van der Waals surface area contributed by atoms with Gasteiger partial charge >= 0.3 is 0 Å². The van der Waals surface area contributed by atoms with Crippen molar-refractivity contribution in [2.75, 3.05) is 23.1 Å². The molecule has 2 aromatic carbocycles. The average molecular weight is 394 g/mol. The van der Waals surface area contributed by atoms with Gasteiger partial charge in [-0.05, 0) is 48.6 Å². The number of hydrogen-bond acceptors (Lipinski definition) is 3. The van der Waals surface area contributed by atoms with Gasteiger partial charge < -0.3 is 20.7 Å². The third kappa shape index (κ3) is 5.22. The van der Waals surface area contributed by atoms with Gasteiger partial charge in [0.25, 0.3) is 0 Å². The van der Waals surface area contributed by atoms with E-state index in [0.717, 1.165) is 10.2 Å². The largest absolute Gasteiger partial charge is 0.495 e. The molecule has 0 aliphatic heterocycles. The number of amides is 1. The van der Waals surface area contributed by atoms with Gasteiger partial charge in [0.15, 0.2) is 5.11 Å². The van der Waals surface area contributed by atoms with E-state index in [0.29, 0.717) is 22.2 Å². The molecule has 0 saturated heterocycles. The molecule has 0 spiro atoms. The van der Waals surface area contributed by atoms with Gasteiger partial charge in [-0.25, -0.2) is 0 Å². The van der Waals surface area contributed by atoms with E-state index in [1.165, 1.54) is 6.92 Å². The highest BCUT2D eigenvalue weighted by atomic mass is 79.9. The van der Waals surface area contributed by atoms with E-state index < -0.39 is 0 Å². The summed E-state index contributed by atoms with van der Waals surface area (Å²) in [6.45, 7) is 1.46. The molecule has 2 rings (SSSR count). The summed E-state index contributed by atoms with van der Waals surface area (Å²) in [4.78, 5) is 11.2. The van der Waals surface area contributed by atoms with Crippen LogP contribution in [0.4, 0.5) is 17.1 Å². The zero-order valence-corrected chi connectivity index (χ0v) is 15.0. The van der Waals surface area contributed by atoms with E-state index in [9.17, 15) is 4.79 Å². The van der Waals surface area contributed by atoms with E-state index in [4.69, 9.17) is 17.0 Å². The fraction of sp³-hybridized carbons (Fsp3) is 0.125. The minimum absolute atomic E-state index is 0.143. The first-order valence-electron chi connectivity index (χ1n) is 6.77. The number of halogens is 1. The number of benzene rings is 2. The van der Waals surface area contributed by atoms with Crippen LogP contribution in [0.1, 0.15) is 6.92 Å². The molecule has 2 aromatic rings. The summed E-state index contributed by atoms with van der Waals surface area (Å²) < 4.78 is 6.26. The first kappa shape index (κ1) is 17.2. The Morgan fingerprint density at radius 1 is 1.09 bits per heavy atom. The van der Waals surface area contributed by atoms with Crippen molar-refractivity contribution in [3.63, 3.8) is 0 Å². The molecular formula is C16H16BrN3O2S. The fourth-order valence-electron chi connectivity index (χ4n) is 1.94. The van der Waals surface area contributed by atoms with Crippen molar-refractivity contribution in [3.8, 4) is 5.75 Å². The van der Waals surface area contributed by atoms with Gasteiger partial charge in [-0.1, -0.05) is 22.0 Å². The SMILES string of the molecule is COc1ccc(NC(C)=O)cc1NC(=S)Nc1cccc(Br)c1. The molecule has 0 bridgehead atoms. The second-order valence-electron chi connectivity index (χ2n) is 4.69. The Balaban J connectivity index is 2.13. The van der Waals surface area contributed by atoms with Gasteiger partial charge in [-0.2, -0.15) is 0 Å². The number of nitrogens with one attached hydrogen (secondary N) is 3. The smallest absolute Gasteiger partial charge is 0.221 e. The molecule has 23 heavy (non-hydrogen) atoms. The van der Waals surface area contributed by atoms with Crippen LogP contribution in [-0.4, -0.2) is 18.1 Å². The maximum atomic E-state index is 11.2. The molecule has 7 heteroatoms. The Bertz CT molecular complexity index is 737. The normalized spacial score (nSPS) is 9.87. The second kappa shape index (κ2) is 7.94. The monoisotopic (exact) mass is 393 g/mol. The lowest BCUT2D eigenvalue weighted by molar-refractivity contribution is -0.114. The highest BCUT2D eigenvalue weighted by Crippen LogP contribution is 2.28. The van der Waals surface area contributed by atoms with Crippen LogP contribution in [0.5, 0.6) is 5.75 Å². The van der Waals surface area contributed by atoms with E-state index in [1.807, 2.05) is 24.3 Å². The Hall–Kier alpha value is -2.12. The number of rotatable bonds is 4. The molecule has 0 radical (unpaired) electrons. The zero-order valence-electron chi connectivity index (χ0n) is 12.6. The van der Waals surface area contributed by atoms with E-state index in [2.05, 4.69) is 31.9 Å². The predicted octanol–water partition coefficient (Wildman–Crippen LogP) is 4.23.